The average molecular weight is 163 g/mol. The zero-order valence-corrected chi connectivity index (χ0v) is 6.95. The van der Waals surface area contributed by atoms with E-state index in [2.05, 4.69) is 12.2 Å². The Bertz CT molecular complexity index is 104. The molecule has 0 aliphatic rings. The maximum Gasteiger partial charge on any atom is 0.221 e. The summed E-state index contributed by atoms with van der Waals surface area (Å²) in [5, 5.41) is 2.70. The van der Waals surface area contributed by atoms with Gasteiger partial charge in [-0.2, -0.15) is 0 Å². The monoisotopic (exact) mass is 162 g/mol. The number of hydrogen-bond acceptors (Lipinski definition) is 1. The van der Waals surface area contributed by atoms with Crippen molar-refractivity contribution in [2.45, 2.75) is 13.3 Å². The van der Waals surface area contributed by atoms with Crippen LogP contribution in [-0.2, 0) is 4.79 Å². The van der Waals surface area contributed by atoms with Gasteiger partial charge in [0.05, 0.1) is 0 Å². The lowest BCUT2D eigenvalue weighted by atomic mass is 10.2. The summed E-state index contributed by atoms with van der Waals surface area (Å²) in [5.74, 6) is 0.655. The molecule has 0 aromatic rings. The molecule has 0 saturated heterocycles. The Kier molecular flexibility index (Phi) is 5.40. The first-order valence-electron chi connectivity index (χ1n) is 3.32. The molecule has 0 aliphatic heterocycles. The Morgan fingerprint density at radius 2 is 2.40 bits per heavy atom. The first-order chi connectivity index (χ1) is 4.66. The standard InChI is InChI=1S/C7H13ClNO/c1-6(2)5-9-7(10)3-4-8/h6H,1,3-5H2,2H3,(H,9,10). The number of amides is 1. The van der Waals surface area contributed by atoms with Gasteiger partial charge in [0.1, 0.15) is 0 Å². The summed E-state index contributed by atoms with van der Waals surface area (Å²) < 4.78 is 0. The minimum atomic E-state index is 0.00509. The van der Waals surface area contributed by atoms with Gasteiger partial charge in [-0.25, -0.2) is 0 Å². The second-order valence-corrected chi connectivity index (χ2v) is 2.73. The quantitative estimate of drug-likeness (QED) is 0.619. The van der Waals surface area contributed by atoms with Crippen molar-refractivity contribution in [2.24, 2.45) is 5.92 Å². The van der Waals surface area contributed by atoms with Gasteiger partial charge in [-0.3, -0.25) is 4.79 Å². The van der Waals surface area contributed by atoms with Crippen molar-refractivity contribution >= 4 is 17.5 Å². The second kappa shape index (κ2) is 5.54. The van der Waals surface area contributed by atoms with Gasteiger partial charge in [0.25, 0.3) is 0 Å². The van der Waals surface area contributed by atoms with Crippen LogP contribution in [0.1, 0.15) is 13.3 Å². The minimum absolute atomic E-state index is 0.00509. The van der Waals surface area contributed by atoms with E-state index in [1.165, 1.54) is 0 Å². The molecule has 1 N–H and O–H groups in total. The molecule has 3 heteroatoms. The Hall–Kier alpha value is -0.240. The Labute approximate surface area is 66.9 Å². The molecule has 0 aliphatic carbocycles. The molecule has 0 aromatic carbocycles. The largest absolute Gasteiger partial charge is 0.356 e. The molecular weight excluding hydrogens is 150 g/mol. The third kappa shape index (κ3) is 5.89. The normalized spacial score (nSPS) is 10.0. The second-order valence-electron chi connectivity index (χ2n) is 2.35. The third-order valence-electron chi connectivity index (χ3n) is 0.969. The zero-order chi connectivity index (χ0) is 7.98. The fourth-order valence-electron chi connectivity index (χ4n) is 0.462. The van der Waals surface area contributed by atoms with Gasteiger partial charge in [-0.1, -0.05) is 6.92 Å². The summed E-state index contributed by atoms with van der Waals surface area (Å²) in [7, 11) is 0. The number of nitrogens with one attached hydrogen (secondary N) is 1. The maximum absolute atomic E-state index is 10.7. The molecule has 0 saturated carbocycles. The molecule has 10 heavy (non-hydrogen) atoms. The van der Waals surface area contributed by atoms with Gasteiger partial charge in [-0.05, 0) is 12.8 Å². The van der Waals surface area contributed by atoms with Crippen LogP contribution in [0.3, 0.4) is 0 Å². The van der Waals surface area contributed by atoms with E-state index >= 15 is 0 Å². The van der Waals surface area contributed by atoms with E-state index in [0.717, 1.165) is 0 Å². The highest BCUT2D eigenvalue weighted by Gasteiger charge is 1.99. The maximum atomic E-state index is 10.7. The summed E-state index contributed by atoms with van der Waals surface area (Å²) in [6.45, 7) is 6.30. The topological polar surface area (TPSA) is 29.1 Å². The van der Waals surface area contributed by atoms with Crippen molar-refractivity contribution in [2.75, 3.05) is 12.4 Å². The van der Waals surface area contributed by atoms with E-state index in [4.69, 9.17) is 11.6 Å². The first kappa shape index (κ1) is 9.76. The van der Waals surface area contributed by atoms with E-state index in [0.29, 0.717) is 18.8 Å². The van der Waals surface area contributed by atoms with E-state index in [1.54, 1.807) is 0 Å². The van der Waals surface area contributed by atoms with E-state index in [9.17, 15) is 4.79 Å². The van der Waals surface area contributed by atoms with Gasteiger partial charge in [-0.15, -0.1) is 11.6 Å². The molecule has 1 atom stereocenters. The highest BCUT2D eigenvalue weighted by Crippen LogP contribution is 1.88. The smallest absolute Gasteiger partial charge is 0.221 e. The number of hydrogen-bond donors (Lipinski definition) is 1. The van der Waals surface area contributed by atoms with Crippen molar-refractivity contribution in [1.29, 1.82) is 0 Å². The highest BCUT2D eigenvalue weighted by molar-refractivity contribution is 6.18. The summed E-state index contributed by atoms with van der Waals surface area (Å²) >= 11 is 5.34. The number of carbonyl (C=O) groups excluding carboxylic acids is 1. The first-order valence-corrected chi connectivity index (χ1v) is 3.86. The number of carbonyl (C=O) groups is 1. The van der Waals surface area contributed by atoms with Crippen molar-refractivity contribution < 1.29 is 4.79 Å². The molecular formula is C7H13ClNO. The summed E-state index contributed by atoms with van der Waals surface area (Å²) in [6.07, 6.45) is 0.397. The lowest BCUT2D eigenvalue weighted by Crippen LogP contribution is -2.27. The van der Waals surface area contributed by atoms with Gasteiger partial charge in [0.15, 0.2) is 0 Å². The third-order valence-corrected chi connectivity index (χ3v) is 1.16. The van der Waals surface area contributed by atoms with Gasteiger partial charge < -0.3 is 5.32 Å². The number of rotatable bonds is 4. The van der Waals surface area contributed by atoms with Crippen molar-refractivity contribution in [1.82, 2.24) is 5.32 Å². The lowest BCUT2D eigenvalue weighted by Gasteiger charge is -2.05. The minimum Gasteiger partial charge on any atom is -0.356 e. The predicted octanol–water partition coefficient (Wildman–Crippen LogP) is 1.20. The number of halogens is 1. The van der Waals surface area contributed by atoms with Crippen LogP contribution in [0.15, 0.2) is 0 Å². The zero-order valence-electron chi connectivity index (χ0n) is 6.19. The Morgan fingerprint density at radius 1 is 1.80 bits per heavy atom. The fourth-order valence-corrected chi connectivity index (χ4v) is 0.634. The SMILES string of the molecule is [CH2]C(C)CNC(=O)CCCl. The van der Waals surface area contributed by atoms with E-state index < -0.39 is 0 Å². The van der Waals surface area contributed by atoms with E-state index in [-0.39, 0.29) is 11.8 Å². The average Bonchev–Trinajstić information content (AvgIpc) is 1.85. The molecule has 0 spiro atoms. The Balaban J connectivity index is 3.22. The lowest BCUT2D eigenvalue weighted by molar-refractivity contribution is -0.120. The summed E-state index contributed by atoms with van der Waals surface area (Å²) in [6, 6.07) is 0. The van der Waals surface area contributed by atoms with Gasteiger partial charge in [0, 0.05) is 18.8 Å². The van der Waals surface area contributed by atoms with Crippen molar-refractivity contribution in [3.63, 3.8) is 0 Å². The summed E-state index contributed by atoms with van der Waals surface area (Å²) in [5.41, 5.74) is 0. The Morgan fingerprint density at radius 3 is 2.80 bits per heavy atom. The number of alkyl halides is 1. The van der Waals surface area contributed by atoms with Crippen molar-refractivity contribution in [3.05, 3.63) is 6.92 Å². The van der Waals surface area contributed by atoms with Crippen molar-refractivity contribution in [3.8, 4) is 0 Å². The molecule has 0 fully saturated rings. The predicted molar refractivity (Wildman–Crippen MR) is 42.9 cm³/mol. The van der Waals surface area contributed by atoms with Gasteiger partial charge >= 0.3 is 0 Å². The molecule has 0 aromatic heterocycles. The van der Waals surface area contributed by atoms with Crippen LogP contribution >= 0.6 is 11.6 Å². The van der Waals surface area contributed by atoms with E-state index in [1.807, 2.05) is 6.92 Å². The summed E-state index contributed by atoms with van der Waals surface area (Å²) in [4.78, 5) is 10.7. The molecule has 2 nitrogen and oxygen atoms in total. The van der Waals surface area contributed by atoms with Crippen LogP contribution < -0.4 is 5.32 Å². The molecule has 0 heterocycles. The molecule has 0 bridgehead atoms. The highest BCUT2D eigenvalue weighted by atomic mass is 35.5. The van der Waals surface area contributed by atoms with Crippen LogP contribution in [-0.4, -0.2) is 18.3 Å². The van der Waals surface area contributed by atoms with Crippen LogP contribution in [0, 0.1) is 12.8 Å². The molecule has 0 rings (SSSR count). The van der Waals surface area contributed by atoms with Crippen LogP contribution in [0.25, 0.3) is 0 Å². The van der Waals surface area contributed by atoms with Crippen LogP contribution in [0.5, 0.6) is 0 Å². The van der Waals surface area contributed by atoms with Gasteiger partial charge in [0.2, 0.25) is 5.91 Å². The van der Waals surface area contributed by atoms with Crippen LogP contribution in [0.2, 0.25) is 0 Å². The fraction of sp³-hybridized carbons (Fsp3) is 0.714. The molecule has 1 radical (unpaired) electrons. The van der Waals surface area contributed by atoms with Crippen LogP contribution in [0.4, 0.5) is 0 Å². The molecule has 59 valence electrons. The molecule has 1 unspecified atom stereocenters. The molecule has 1 amide bonds.